The number of likely N-dealkylation sites (tertiary alicyclic amines) is 1. The first-order valence-corrected chi connectivity index (χ1v) is 7.36. The molecule has 1 amide bonds. The second-order valence-electron chi connectivity index (χ2n) is 5.75. The van der Waals surface area contributed by atoms with Gasteiger partial charge in [-0.15, -0.1) is 0 Å². The lowest BCUT2D eigenvalue weighted by molar-refractivity contribution is -0.133. The second-order valence-corrected chi connectivity index (χ2v) is 5.75. The van der Waals surface area contributed by atoms with Crippen LogP contribution in [0.3, 0.4) is 0 Å². The van der Waals surface area contributed by atoms with Crippen LogP contribution in [0.15, 0.2) is 30.3 Å². The molecule has 0 spiro atoms. The van der Waals surface area contributed by atoms with Crippen molar-refractivity contribution in [3.05, 3.63) is 35.9 Å². The zero-order valence-corrected chi connectivity index (χ0v) is 12.5. The number of rotatable bonds is 4. The molecule has 1 aliphatic heterocycles. The number of amides is 1. The van der Waals surface area contributed by atoms with Crippen LogP contribution in [0.25, 0.3) is 0 Å². The summed E-state index contributed by atoms with van der Waals surface area (Å²) in [7, 11) is 2.17. The molecule has 1 aromatic carbocycles. The first-order chi connectivity index (χ1) is 9.58. The van der Waals surface area contributed by atoms with Crippen LogP contribution in [0, 0.1) is 0 Å². The van der Waals surface area contributed by atoms with E-state index in [2.05, 4.69) is 36.2 Å². The van der Waals surface area contributed by atoms with Gasteiger partial charge in [0.05, 0.1) is 6.04 Å². The summed E-state index contributed by atoms with van der Waals surface area (Å²) in [6.45, 7) is 4.37. The fourth-order valence-electron chi connectivity index (χ4n) is 2.82. The number of nitrogens with two attached hydrogens (primary N) is 1. The maximum atomic E-state index is 11.9. The Morgan fingerprint density at radius 2 is 1.95 bits per heavy atom. The number of piperidine rings is 1. The van der Waals surface area contributed by atoms with Crippen LogP contribution in [0.1, 0.15) is 25.3 Å². The molecule has 0 saturated carbocycles. The molecule has 1 unspecified atom stereocenters. The van der Waals surface area contributed by atoms with Gasteiger partial charge in [0, 0.05) is 25.7 Å². The van der Waals surface area contributed by atoms with E-state index in [9.17, 15) is 4.79 Å². The number of benzene rings is 1. The van der Waals surface area contributed by atoms with Gasteiger partial charge < -0.3 is 10.6 Å². The minimum absolute atomic E-state index is 0.0779. The number of carbonyl (C=O) groups excluding carboxylic acids is 1. The normalized spacial score (nSPS) is 18.3. The van der Waals surface area contributed by atoms with Gasteiger partial charge in [0.15, 0.2) is 0 Å². The Morgan fingerprint density at radius 1 is 1.35 bits per heavy atom. The standard InChI is InChI=1S/C16H25N3O/c1-13(17)16(20)19-10-8-15(9-11-19)18(2)12-14-6-4-3-5-7-14/h3-7,13,15H,8-12,17H2,1-2H3. The average Bonchev–Trinajstić information content (AvgIpc) is 2.47. The van der Waals surface area contributed by atoms with E-state index in [-0.39, 0.29) is 11.9 Å². The zero-order chi connectivity index (χ0) is 14.5. The molecule has 2 rings (SSSR count). The molecule has 0 aliphatic carbocycles. The van der Waals surface area contributed by atoms with E-state index < -0.39 is 0 Å². The topological polar surface area (TPSA) is 49.6 Å². The van der Waals surface area contributed by atoms with Crippen molar-refractivity contribution in [2.24, 2.45) is 5.73 Å². The molecule has 1 aliphatic rings. The SMILES string of the molecule is CC(N)C(=O)N1CCC(N(C)Cc2ccccc2)CC1. The molecule has 4 nitrogen and oxygen atoms in total. The lowest BCUT2D eigenvalue weighted by Crippen LogP contribution is -2.49. The lowest BCUT2D eigenvalue weighted by atomic mass is 10.0. The molecule has 0 bridgehead atoms. The van der Waals surface area contributed by atoms with Crippen LogP contribution >= 0.6 is 0 Å². The Morgan fingerprint density at radius 3 is 2.50 bits per heavy atom. The van der Waals surface area contributed by atoms with E-state index in [4.69, 9.17) is 5.73 Å². The predicted molar refractivity (Wildman–Crippen MR) is 81.2 cm³/mol. The van der Waals surface area contributed by atoms with Crippen molar-refractivity contribution in [3.8, 4) is 0 Å². The summed E-state index contributed by atoms with van der Waals surface area (Å²) in [6, 6.07) is 10.7. The van der Waals surface area contributed by atoms with Crippen LogP contribution in [-0.2, 0) is 11.3 Å². The van der Waals surface area contributed by atoms with Crippen molar-refractivity contribution in [2.75, 3.05) is 20.1 Å². The van der Waals surface area contributed by atoms with Crippen molar-refractivity contribution in [1.29, 1.82) is 0 Å². The number of hydrogen-bond donors (Lipinski definition) is 1. The van der Waals surface area contributed by atoms with Gasteiger partial charge in [0.25, 0.3) is 0 Å². The molecule has 0 radical (unpaired) electrons. The van der Waals surface area contributed by atoms with Crippen LogP contribution in [-0.4, -0.2) is 47.9 Å². The Bertz CT molecular complexity index is 425. The largest absolute Gasteiger partial charge is 0.341 e. The van der Waals surface area contributed by atoms with Gasteiger partial charge in [0.2, 0.25) is 5.91 Å². The minimum Gasteiger partial charge on any atom is -0.341 e. The van der Waals surface area contributed by atoms with Crippen molar-refractivity contribution < 1.29 is 4.79 Å². The third-order valence-electron chi connectivity index (χ3n) is 4.06. The smallest absolute Gasteiger partial charge is 0.239 e. The third-order valence-corrected chi connectivity index (χ3v) is 4.06. The van der Waals surface area contributed by atoms with Gasteiger partial charge in [-0.3, -0.25) is 9.69 Å². The molecule has 1 atom stereocenters. The first-order valence-electron chi connectivity index (χ1n) is 7.36. The highest BCUT2D eigenvalue weighted by molar-refractivity contribution is 5.81. The number of hydrogen-bond acceptors (Lipinski definition) is 3. The molecule has 1 saturated heterocycles. The van der Waals surface area contributed by atoms with Gasteiger partial charge in [-0.1, -0.05) is 30.3 Å². The fraction of sp³-hybridized carbons (Fsp3) is 0.562. The van der Waals surface area contributed by atoms with E-state index in [1.807, 2.05) is 11.0 Å². The summed E-state index contributed by atoms with van der Waals surface area (Å²) in [6.07, 6.45) is 2.06. The molecule has 110 valence electrons. The summed E-state index contributed by atoms with van der Waals surface area (Å²) in [5.41, 5.74) is 7.00. The molecule has 20 heavy (non-hydrogen) atoms. The van der Waals surface area contributed by atoms with Crippen molar-refractivity contribution in [3.63, 3.8) is 0 Å². The number of nitrogens with zero attached hydrogens (tertiary/aromatic N) is 2. The average molecular weight is 275 g/mol. The summed E-state index contributed by atoms with van der Waals surface area (Å²) in [5, 5.41) is 0. The second kappa shape index (κ2) is 6.86. The van der Waals surface area contributed by atoms with Gasteiger partial charge in [-0.25, -0.2) is 0 Å². The first kappa shape index (κ1) is 15.0. The van der Waals surface area contributed by atoms with E-state index in [1.54, 1.807) is 6.92 Å². The molecule has 1 fully saturated rings. The van der Waals surface area contributed by atoms with Gasteiger partial charge >= 0.3 is 0 Å². The summed E-state index contributed by atoms with van der Waals surface area (Å²) in [4.78, 5) is 16.1. The summed E-state index contributed by atoms with van der Waals surface area (Å²) >= 11 is 0. The Kier molecular flexibility index (Phi) is 5.15. The monoisotopic (exact) mass is 275 g/mol. The Labute approximate surface area is 121 Å². The van der Waals surface area contributed by atoms with E-state index >= 15 is 0 Å². The van der Waals surface area contributed by atoms with Crippen LogP contribution in [0.4, 0.5) is 0 Å². The Hall–Kier alpha value is -1.39. The minimum atomic E-state index is -0.381. The molecule has 2 N–H and O–H groups in total. The van der Waals surface area contributed by atoms with Crippen molar-refractivity contribution >= 4 is 5.91 Å². The Balaban J connectivity index is 1.83. The predicted octanol–water partition coefficient (Wildman–Crippen LogP) is 1.46. The summed E-state index contributed by atoms with van der Waals surface area (Å²) in [5.74, 6) is 0.0779. The van der Waals surface area contributed by atoms with E-state index in [0.29, 0.717) is 6.04 Å². The van der Waals surface area contributed by atoms with E-state index in [1.165, 1.54) is 5.56 Å². The molecular weight excluding hydrogens is 250 g/mol. The van der Waals surface area contributed by atoms with Crippen molar-refractivity contribution in [2.45, 2.75) is 38.4 Å². The highest BCUT2D eigenvalue weighted by Gasteiger charge is 2.26. The van der Waals surface area contributed by atoms with Gasteiger partial charge in [-0.05, 0) is 32.4 Å². The highest BCUT2D eigenvalue weighted by atomic mass is 16.2. The van der Waals surface area contributed by atoms with Gasteiger partial charge in [-0.2, -0.15) is 0 Å². The fourth-order valence-corrected chi connectivity index (χ4v) is 2.82. The zero-order valence-electron chi connectivity index (χ0n) is 12.5. The van der Waals surface area contributed by atoms with E-state index in [0.717, 1.165) is 32.5 Å². The lowest BCUT2D eigenvalue weighted by Gasteiger charge is -2.37. The molecule has 1 heterocycles. The molecule has 0 aromatic heterocycles. The van der Waals surface area contributed by atoms with Gasteiger partial charge in [0.1, 0.15) is 0 Å². The molecule has 4 heteroatoms. The van der Waals surface area contributed by atoms with Crippen LogP contribution in [0.5, 0.6) is 0 Å². The maximum absolute atomic E-state index is 11.9. The highest BCUT2D eigenvalue weighted by Crippen LogP contribution is 2.18. The summed E-state index contributed by atoms with van der Waals surface area (Å²) < 4.78 is 0. The molecular formula is C16H25N3O. The van der Waals surface area contributed by atoms with Crippen LogP contribution in [0.2, 0.25) is 0 Å². The number of carbonyl (C=O) groups is 1. The third kappa shape index (κ3) is 3.81. The molecule has 1 aromatic rings. The van der Waals surface area contributed by atoms with Crippen LogP contribution < -0.4 is 5.73 Å². The quantitative estimate of drug-likeness (QED) is 0.905. The van der Waals surface area contributed by atoms with Crippen molar-refractivity contribution in [1.82, 2.24) is 9.80 Å². The maximum Gasteiger partial charge on any atom is 0.239 e.